The average molecular weight is 230 g/mol. The second-order valence-corrected chi connectivity index (χ2v) is 4.77. The maximum atomic E-state index is 5.85. The number of anilines is 1. The molecule has 1 aromatic heterocycles. The second-order valence-electron chi connectivity index (χ2n) is 4.77. The van der Waals surface area contributed by atoms with Crippen LogP contribution in [0.5, 0.6) is 0 Å². The Balaban J connectivity index is 2.10. The lowest BCUT2D eigenvalue weighted by atomic mass is 10.1. The van der Waals surface area contributed by atoms with Gasteiger partial charge in [0.2, 0.25) is 0 Å². The number of nitrogens with two attached hydrogens (primary N) is 1. The van der Waals surface area contributed by atoms with Gasteiger partial charge in [0.05, 0.1) is 0 Å². The Hall–Kier alpha value is -1.48. The molecule has 1 aliphatic rings. The zero-order valence-corrected chi connectivity index (χ0v) is 10.1. The Morgan fingerprint density at radius 1 is 1.47 bits per heavy atom. The fourth-order valence-corrected chi connectivity index (χ4v) is 2.82. The van der Waals surface area contributed by atoms with E-state index in [0.29, 0.717) is 6.04 Å². The quantitative estimate of drug-likeness (QED) is 0.862. The van der Waals surface area contributed by atoms with Gasteiger partial charge in [-0.2, -0.15) is 0 Å². The molecule has 1 atom stereocenters. The van der Waals surface area contributed by atoms with Crippen molar-refractivity contribution < 1.29 is 4.42 Å². The summed E-state index contributed by atoms with van der Waals surface area (Å²) in [5.41, 5.74) is 8.09. The first kappa shape index (κ1) is 10.7. The molecule has 0 aliphatic carbocycles. The van der Waals surface area contributed by atoms with Gasteiger partial charge in [0.1, 0.15) is 11.3 Å². The number of furan rings is 1. The number of rotatable bonds is 2. The lowest BCUT2D eigenvalue weighted by Gasteiger charge is -2.26. The minimum Gasteiger partial charge on any atom is -0.461 e. The van der Waals surface area contributed by atoms with Gasteiger partial charge in [-0.1, -0.05) is 6.07 Å². The van der Waals surface area contributed by atoms with Crippen molar-refractivity contribution >= 4 is 16.7 Å². The summed E-state index contributed by atoms with van der Waals surface area (Å²) < 4.78 is 5.68. The predicted molar refractivity (Wildman–Crippen MR) is 70.4 cm³/mol. The molecule has 1 aromatic carbocycles. The van der Waals surface area contributed by atoms with E-state index in [1.165, 1.54) is 23.9 Å². The predicted octanol–water partition coefficient (Wildman–Crippen LogP) is 2.67. The van der Waals surface area contributed by atoms with Crippen LogP contribution in [0.3, 0.4) is 0 Å². The highest BCUT2D eigenvalue weighted by atomic mass is 16.3. The molecular formula is C14H18N2O. The summed E-state index contributed by atoms with van der Waals surface area (Å²) in [6.45, 7) is 3.83. The van der Waals surface area contributed by atoms with Gasteiger partial charge in [-0.05, 0) is 38.0 Å². The van der Waals surface area contributed by atoms with Crippen molar-refractivity contribution in [3.63, 3.8) is 0 Å². The van der Waals surface area contributed by atoms with Gasteiger partial charge in [-0.25, -0.2) is 0 Å². The molecule has 2 heterocycles. The number of benzene rings is 1. The van der Waals surface area contributed by atoms with Gasteiger partial charge >= 0.3 is 0 Å². The number of hydrogen-bond donors (Lipinski definition) is 1. The average Bonchev–Trinajstić information content (AvgIpc) is 2.92. The zero-order chi connectivity index (χ0) is 11.8. The van der Waals surface area contributed by atoms with Gasteiger partial charge in [0.25, 0.3) is 0 Å². The molecular weight excluding hydrogens is 212 g/mol. The van der Waals surface area contributed by atoms with E-state index < -0.39 is 0 Å². The minimum absolute atomic E-state index is 0.482. The topological polar surface area (TPSA) is 42.4 Å². The van der Waals surface area contributed by atoms with Gasteiger partial charge in [0.15, 0.2) is 0 Å². The zero-order valence-electron chi connectivity index (χ0n) is 10.1. The van der Waals surface area contributed by atoms with E-state index in [0.717, 1.165) is 24.4 Å². The van der Waals surface area contributed by atoms with Gasteiger partial charge in [-0.15, -0.1) is 0 Å². The van der Waals surface area contributed by atoms with Crippen molar-refractivity contribution in [3.05, 3.63) is 30.0 Å². The Bertz CT molecular complexity index is 532. The highest BCUT2D eigenvalue weighted by Gasteiger charge is 2.25. The van der Waals surface area contributed by atoms with Crippen molar-refractivity contribution in [1.29, 1.82) is 0 Å². The summed E-state index contributed by atoms with van der Waals surface area (Å²) in [4.78, 5) is 2.43. The third-order valence-corrected chi connectivity index (χ3v) is 3.62. The van der Waals surface area contributed by atoms with Crippen LogP contribution in [0, 0.1) is 6.92 Å². The lowest BCUT2D eigenvalue weighted by Crippen LogP contribution is -2.35. The van der Waals surface area contributed by atoms with Crippen LogP contribution in [-0.4, -0.2) is 19.1 Å². The molecule has 1 unspecified atom stereocenters. The Labute approximate surface area is 101 Å². The summed E-state index contributed by atoms with van der Waals surface area (Å²) in [6.07, 6.45) is 2.43. The van der Waals surface area contributed by atoms with Crippen LogP contribution in [0.1, 0.15) is 18.6 Å². The van der Waals surface area contributed by atoms with Crippen LogP contribution < -0.4 is 10.6 Å². The molecule has 3 rings (SSSR count). The summed E-state index contributed by atoms with van der Waals surface area (Å²) in [6, 6.07) is 8.86. The number of aryl methyl sites for hydroxylation is 1. The molecule has 3 heteroatoms. The SMILES string of the molecule is Cc1cc2c(N3CCCC3CN)cccc2o1. The maximum absolute atomic E-state index is 5.85. The molecule has 17 heavy (non-hydrogen) atoms. The molecule has 2 aromatic rings. The van der Waals surface area contributed by atoms with Crippen LogP contribution >= 0.6 is 0 Å². The summed E-state index contributed by atoms with van der Waals surface area (Å²) in [5.74, 6) is 0.968. The number of fused-ring (bicyclic) bond motifs is 1. The number of nitrogens with zero attached hydrogens (tertiary/aromatic N) is 1. The second kappa shape index (κ2) is 4.08. The molecule has 1 saturated heterocycles. The fraction of sp³-hybridized carbons (Fsp3) is 0.429. The molecule has 90 valence electrons. The summed E-state index contributed by atoms with van der Waals surface area (Å²) in [5, 5.41) is 1.21. The highest BCUT2D eigenvalue weighted by molar-refractivity contribution is 5.91. The Morgan fingerprint density at radius 3 is 3.18 bits per heavy atom. The van der Waals surface area contributed by atoms with Crippen LogP contribution in [0.15, 0.2) is 28.7 Å². The van der Waals surface area contributed by atoms with Crippen molar-refractivity contribution in [2.24, 2.45) is 5.73 Å². The van der Waals surface area contributed by atoms with E-state index >= 15 is 0 Å². The minimum atomic E-state index is 0.482. The molecule has 3 nitrogen and oxygen atoms in total. The third kappa shape index (κ3) is 1.71. The highest BCUT2D eigenvalue weighted by Crippen LogP contribution is 2.33. The third-order valence-electron chi connectivity index (χ3n) is 3.62. The van der Waals surface area contributed by atoms with Crippen LogP contribution in [-0.2, 0) is 0 Å². The first-order valence-corrected chi connectivity index (χ1v) is 6.25. The fourth-order valence-electron chi connectivity index (χ4n) is 2.82. The van der Waals surface area contributed by atoms with E-state index in [-0.39, 0.29) is 0 Å². The molecule has 0 radical (unpaired) electrons. The molecule has 0 bridgehead atoms. The van der Waals surface area contributed by atoms with Gasteiger partial charge < -0.3 is 15.1 Å². The largest absolute Gasteiger partial charge is 0.461 e. The summed E-state index contributed by atoms with van der Waals surface area (Å²) >= 11 is 0. The van der Waals surface area contributed by atoms with E-state index in [4.69, 9.17) is 10.2 Å². The van der Waals surface area contributed by atoms with E-state index in [9.17, 15) is 0 Å². The lowest BCUT2D eigenvalue weighted by molar-refractivity contribution is 0.578. The first-order valence-electron chi connectivity index (χ1n) is 6.25. The van der Waals surface area contributed by atoms with Gasteiger partial charge in [0, 0.05) is 30.2 Å². The van der Waals surface area contributed by atoms with Crippen LogP contribution in [0.4, 0.5) is 5.69 Å². The standard InChI is InChI=1S/C14H18N2O/c1-10-8-12-13(5-2-6-14(12)17-10)16-7-3-4-11(16)9-15/h2,5-6,8,11H,3-4,7,9,15H2,1H3. The number of hydrogen-bond acceptors (Lipinski definition) is 3. The molecule has 1 fully saturated rings. The van der Waals surface area contributed by atoms with E-state index in [1.807, 2.05) is 13.0 Å². The molecule has 0 saturated carbocycles. The molecule has 0 amide bonds. The molecule has 0 spiro atoms. The Kier molecular flexibility index (Phi) is 2.56. The summed E-state index contributed by atoms with van der Waals surface area (Å²) in [7, 11) is 0. The van der Waals surface area contributed by atoms with Gasteiger partial charge in [-0.3, -0.25) is 0 Å². The molecule has 1 aliphatic heterocycles. The van der Waals surface area contributed by atoms with Crippen LogP contribution in [0.25, 0.3) is 11.0 Å². The Morgan fingerprint density at radius 2 is 2.35 bits per heavy atom. The maximum Gasteiger partial charge on any atom is 0.136 e. The van der Waals surface area contributed by atoms with E-state index in [2.05, 4.69) is 23.1 Å². The van der Waals surface area contributed by atoms with Crippen molar-refractivity contribution in [2.45, 2.75) is 25.8 Å². The van der Waals surface area contributed by atoms with Crippen molar-refractivity contribution in [1.82, 2.24) is 0 Å². The molecule has 2 N–H and O–H groups in total. The van der Waals surface area contributed by atoms with Crippen LogP contribution in [0.2, 0.25) is 0 Å². The smallest absolute Gasteiger partial charge is 0.136 e. The van der Waals surface area contributed by atoms with Crippen molar-refractivity contribution in [2.75, 3.05) is 18.0 Å². The van der Waals surface area contributed by atoms with Crippen molar-refractivity contribution in [3.8, 4) is 0 Å². The normalized spacial score (nSPS) is 20.4. The van der Waals surface area contributed by atoms with E-state index in [1.54, 1.807) is 0 Å². The monoisotopic (exact) mass is 230 g/mol. The first-order chi connectivity index (χ1) is 8.29.